The van der Waals surface area contributed by atoms with Crippen LogP contribution in [0.25, 0.3) is 0 Å². The van der Waals surface area contributed by atoms with Crippen molar-refractivity contribution in [3.63, 3.8) is 0 Å². The van der Waals surface area contributed by atoms with Crippen LogP contribution in [0.2, 0.25) is 0 Å². The fourth-order valence-electron chi connectivity index (χ4n) is 3.93. The second-order valence-corrected chi connectivity index (χ2v) is 11.6. The van der Waals surface area contributed by atoms with Crippen molar-refractivity contribution < 1.29 is 21.6 Å². The minimum Gasteiger partial charge on any atom is -0.355 e. The Hall–Kier alpha value is -2.76. The Balaban J connectivity index is 1.56. The summed E-state index contributed by atoms with van der Waals surface area (Å²) < 4.78 is 55.1. The molecule has 0 aromatic heterocycles. The number of piperidine rings is 1. The van der Waals surface area contributed by atoms with Gasteiger partial charge in [-0.05, 0) is 37.1 Å². The molecule has 0 aliphatic carbocycles. The molecule has 0 radical (unpaired) electrons. The highest BCUT2D eigenvalue weighted by Crippen LogP contribution is 2.30. The number of hydrogen-bond donors (Lipinski definition) is 1. The van der Waals surface area contributed by atoms with E-state index >= 15 is 0 Å². The molecule has 1 saturated heterocycles. The summed E-state index contributed by atoms with van der Waals surface area (Å²) in [5.74, 6) is -0.406. The predicted octanol–water partition coefficient (Wildman–Crippen LogP) is 1.74. The van der Waals surface area contributed by atoms with Crippen molar-refractivity contribution in [3.05, 3.63) is 54.1 Å². The highest BCUT2D eigenvalue weighted by Gasteiger charge is 2.35. The van der Waals surface area contributed by atoms with Crippen molar-refractivity contribution in [1.29, 1.82) is 0 Å². The van der Waals surface area contributed by atoms with Gasteiger partial charge >= 0.3 is 0 Å². The number of para-hydroxylation sites is 1. The van der Waals surface area contributed by atoms with Gasteiger partial charge in [-0.3, -0.25) is 4.79 Å². The maximum absolute atomic E-state index is 13.0. The topological polar surface area (TPSA) is 116 Å². The normalized spacial score (nSPS) is 20.0. The number of likely N-dealkylation sites (tertiary alicyclic amines) is 1. The lowest BCUT2D eigenvalue weighted by atomic mass is 9.96. The maximum Gasteiger partial charge on any atom is 0.285 e. The van der Waals surface area contributed by atoms with Crippen molar-refractivity contribution in [3.8, 4) is 0 Å². The van der Waals surface area contributed by atoms with Gasteiger partial charge in [0.25, 0.3) is 10.0 Å². The molecule has 1 fully saturated rings. The molecule has 1 atom stereocenters. The minimum atomic E-state index is -3.75. The summed E-state index contributed by atoms with van der Waals surface area (Å²) in [6.07, 6.45) is 1.28. The van der Waals surface area contributed by atoms with Crippen LogP contribution in [0, 0.1) is 5.92 Å². The first-order chi connectivity index (χ1) is 15.1. The van der Waals surface area contributed by atoms with E-state index in [1.54, 1.807) is 36.4 Å². The fourth-order valence-corrected chi connectivity index (χ4v) is 6.19. The van der Waals surface area contributed by atoms with Crippen LogP contribution in [0.3, 0.4) is 0 Å². The van der Waals surface area contributed by atoms with E-state index in [0.717, 1.165) is 4.31 Å². The van der Waals surface area contributed by atoms with E-state index in [1.807, 2.05) is 4.90 Å². The molecule has 1 amide bonds. The van der Waals surface area contributed by atoms with E-state index < -0.39 is 26.0 Å². The molecule has 0 spiro atoms. The Bertz CT molecular complexity index is 1300. The summed E-state index contributed by atoms with van der Waals surface area (Å²) in [5.41, 5.74) is 0.755. The van der Waals surface area contributed by atoms with Gasteiger partial charge in [0, 0.05) is 32.7 Å². The number of carbonyl (C=O) groups excluding carboxylic acids is 1. The third kappa shape index (κ3) is 4.03. The third-order valence-electron chi connectivity index (χ3n) is 5.61. The van der Waals surface area contributed by atoms with Gasteiger partial charge < -0.3 is 10.2 Å². The molecule has 9 nitrogen and oxygen atoms in total. The second-order valence-electron chi connectivity index (χ2n) is 7.94. The summed E-state index contributed by atoms with van der Waals surface area (Å²) in [6, 6.07) is 12.9. The van der Waals surface area contributed by atoms with Crippen LogP contribution < -0.4 is 5.32 Å². The van der Waals surface area contributed by atoms with Crippen LogP contribution in [0.4, 0.5) is 5.69 Å². The molecular formula is C21H24N4O5S2. The highest BCUT2D eigenvalue weighted by atomic mass is 32.2. The van der Waals surface area contributed by atoms with Crippen LogP contribution in [-0.2, 0) is 24.8 Å². The number of carbonyl (C=O) groups is 1. The molecule has 2 aromatic rings. The summed E-state index contributed by atoms with van der Waals surface area (Å²) in [4.78, 5) is 15.1. The largest absolute Gasteiger partial charge is 0.355 e. The highest BCUT2D eigenvalue weighted by molar-refractivity contribution is 7.90. The lowest BCUT2D eigenvalue weighted by molar-refractivity contribution is -0.121. The smallest absolute Gasteiger partial charge is 0.285 e. The zero-order chi connectivity index (χ0) is 23.1. The molecule has 2 heterocycles. The SMILES string of the molecule is CN(C)S(=O)(=O)c1ccccc1NC(=O)C1CCCN(C2=NS(=O)(=O)c3ccccc32)C1. The Kier molecular flexibility index (Phi) is 5.82. The molecule has 0 bridgehead atoms. The Morgan fingerprint density at radius 1 is 1.12 bits per heavy atom. The number of anilines is 1. The Morgan fingerprint density at radius 3 is 2.56 bits per heavy atom. The summed E-state index contributed by atoms with van der Waals surface area (Å²) in [6.45, 7) is 0.870. The van der Waals surface area contributed by atoms with Gasteiger partial charge in [0.05, 0.1) is 11.6 Å². The number of amidine groups is 1. The van der Waals surface area contributed by atoms with Crippen LogP contribution in [0.5, 0.6) is 0 Å². The molecule has 32 heavy (non-hydrogen) atoms. The van der Waals surface area contributed by atoms with Crippen molar-refractivity contribution in [2.45, 2.75) is 22.6 Å². The van der Waals surface area contributed by atoms with E-state index in [1.165, 1.54) is 26.2 Å². The lowest BCUT2D eigenvalue weighted by Crippen LogP contribution is -2.43. The van der Waals surface area contributed by atoms with Crippen molar-refractivity contribution in [2.24, 2.45) is 10.3 Å². The number of benzene rings is 2. The number of hydrogen-bond acceptors (Lipinski definition) is 6. The Labute approximate surface area is 187 Å². The third-order valence-corrected chi connectivity index (χ3v) is 8.81. The van der Waals surface area contributed by atoms with Crippen molar-refractivity contribution in [2.75, 3.05) is 32.5 Å². The molecule has 2 aliphatic rings. The summed E-state index contributed by atoms with van der Waals surface area (Å²) in [5, 5.41) is 2.76. The zero-order valence-corrected chi connectivity index (χ0v) is 19.4. The van der Waals surface area contributed by atoms with Crippen molar-refractivity contribution >= 4 is 37.5 Å². The number of rotatable bonds is 4. The van der Waals surface area contributed by atoms with Gasteiger partial charge in [-0.15, -0.1) is 4.40 Å². The van der Waals surface area contributed by atoms with Crippen LogP contribution >= 0.6 is 0 Å². The molecule has 170 valence electrons. The molecule has 11 heteroatoms. The van der Waals surface area contributed by atoms with Crippen LogP contribution in [0.15, 0.2) is 62.7 Å². The second kappa shape index (κ2) is 8.30. The number of fused-ring (bicyclic) bond motifs is 1. The fraction of sp³-hybridized carbons (Fsp3) is 0.333. The van der Waals surface area contributed by atoms with E-state index in [0.29, 0.717) is 30.8 Å². The number of amides is 1. The average Bonchev–Trinajstić information content (AvgIpc) is 3.05. The maximum atomic E-state index is 13.0. The first-order valence-electron chi connectivity index (χ1n) is 10.1. The number of sulfonamides is 2. The summed E-state index contributed by atoms with van der Waals surface area (Å²) >= 11 is 0. The molecule has 4 rings (SSSR count). The minimum absolute atomic E-state index is 0.0196. The van der Waals surface area contributed by atoms with Crippen molar-refractivity contribution in [1.82, 2.24) is 9.21 Å². The predicted molar refractivity (Wildman–Crippen MR) is 120 cm³/mol. The van der Waals surface area contributed by atoms with Gasteiger partial charge in [0.1, 0.15) is 9.79 Å². The lowest BCUT2D eigenvalue weighted by Gasteiger charge is -2.33. The molecule has 1 N–H and O–H groups in total. The molecule has 1 unspecified atom stereocenters. The van der Waals surface area contributed by atoms with E-state index in [4.69, 9.17) is 0 Å². The quantitative estimate of drug-likeness (QED) is 0.719. The average molecular weight is 477 g/mol. The molecular weight excluding hydrogens is 452 g/mol. The zero-order valence-electron chi connectivity index (χ0n) is 17.7. The van der Waals surface area contributed by atoms with Gasteiger partial charge in [-0.2, -0.15) is 8.42 Å². The van der Waals surface area contributed by atoms with Crippen LogP contribution in [-0.4, -0.2) is 65.0 Å². The number of nitrogens with one attached hydrogen (secondary N) is 1. The number of nitrogens with zero attached hydrogens (tertiary/aromatic N) is 3. The molecule has 0 saturated carbocycles. The molecule has 2 aromatic carbocycles. The Morgan fingerprint density at radius 2 is 1.81 bits per heavy atom. The van der Waals surface area contributed by atoms with E-state index in [2.05, 4.69) is 9.71 Å². The molecule has 2 aliphatic heterocycles. The monoisotopic (exact) mass is 476 g/mol. The first-order valence-corrected chi connectivity index (χ1v) is 13.0. The van der Waals surface area contributed by atoms with Gasteiger partial charge in [-0.25, -0.2) is 12.7 Å². The van der Waals surface area contributed by atoms with E-state index in [9.17, 15) is 21.6 Å². The van der Waals surface area contributed by atoms with Gasteiger partial charge in [-0.1, -0.05) is 24.3 Å². The standard InChI is InChI=1S/C21H24N4O5S2/c1-24(2)32(29,30)19-12-6-4-10-17(19)22-21(26)15-8-7-13-25(14-15)20-16-9-3-5-11-18(16)31(27,28)23-20/h3-6,9-12,15H,7-8,13-14H2,1-2H3,(H,22,26). The first kappa shape index (κ1) is 22.4. The van der Waals surface area contributed by atoms with Gasteiger partial charge in [0.2, 0.25) is 15.9 Å². The van der Waals surface area contributed by atoms with E-state index in [-0.39, 0.29) is 27.9 Å². The van der Waals surface area contributed by atoms with Crippen LogP contribution in [0.1, 0.15) is 18.4 Å². The van der Waals surface area contributed by atoms with Gasteiger partial charge in [0.15, 0.2) is 5.84 Å². The summed E-state index contributed by atoms with van der Waals surface area (Å²) in [7, 11) is -4.61.